The highest BCUT2D eigenvalue weighted by Gasteiger charge is 2.04. The number of benzene rings is 1. The zero-order valence-corrected chi connectivity index (χ0v) is 12.7. The molecule has 0 unspecified atom stereocenters. The van der Waals surface area contributed by atoms with Crippen molar-refractivity contribution in [2.45, 2.75) is 24.9 Å². The summed E-state index contributed by atoms with van der Waals surface area (Å²) in [5.41, 5.74) is 1.92. The van der Waals surface area contributed by atoms with Gasteiger partial charge in [0.2, 0.25) is 5.95 Å². The first-order valence-corrected chi connectivity index (χ1v) is 7.61. The number of rotatable bonds is 5. The van der Waals surface area contributed by atoms with Gasteiger partial charge in [-0.2, -0.15) is 17.0 Å². The Morgan fingerprint density at radius 1 is 1.38 bits per heavy atom. The Labute approximate surface area is 127 Å². The van der Waals surface area contributed by atoms with E-state index in [0.29, 0.717) is 22.5 Å². The van der Waals surface area contributed by atoms with Crippen LogP contribution in [0.2, 0.25) is 0 Å². The molecule has 0 aliphatic rings. The monoisotopic (exact) mass is 300 g/mol. The molecule has 0 aliphatic carbocycles. The summed E-state index contributed by atoms with van der Waals surface area (Å²) in [6.07, 6.45) is 0. The van der Waals surface area contributed by atoms with Crippen molar-refractivity contribution >= 4 is 23.4 Å². The van der Waals surface area contributed by atoms with E-state index in [0.717, 1.165) is 11.4 Å². The Kier molecular flexibility index (Phi) is 5.01. The quantitative estimate of drug-likeness (QED) is 0.887. The van der Waals surface area contributed by atoms with Crippen LogP contribution in [0.5, 0.6) is 0 Å². The van der Waals surface area contributed by atoms with Crippen molar-refractivity contribution < 1.29 is 0 Å². The first-order chi connectivity index (χ1) is 10.1. The summed E-state index contributed by atoms with van der Waals surface area (Å²) in [6.45, 7) is 4.21. The van der Waals surface area contributed by atoms with Gasteiger partial charge in [-0.3, -0.25) is 9.78 Å². The van der Waals surface area contributed by atoms with Gasteiger partial charge in [0, 0.05) is 17.5 Å². The lowest BCUT2D eigenvalue weighted by atomic mass is 10.2. The van der Waals surface area contributed by atoms with E-state index >= 15 is 0 Å². The van der Waals surface area contributed by atoms with E-state index < -0.39 is 0 Å². The number of anilines is 2. The van der Waals surface area contributed by atoms with Gasteiger partial charge >= 0.3 is 0 Å². The zero-order valence-electron chi connectivity index (χ0n) is 11.9. The molecule has 0 amide bonds. The van der Waals surface area contributed by atoms with Crippen LogP contribution in [-0.2, 0) is 5.75 Å². The first-order valence-electron chi connectivity index (χ1n) is 6.56. The van der Waals surface area contributed by atoms with Crippen molar-refractivity contribution in [1.29, 1.82) is 5.26 Å². The van der Waals surface area contributed by atoms with Gasteiger partial charge in [-0.15, -0.1) is 0 Å². The minimum atomic E-state index is -0.180. The number of aromatic nitrogens is 2. The SMILES string of the molecule is CC(C)SCc1cc(=O)[nH]c(Nc2ccc(C#N)cc2)n1. The maximum absolute atomic E-state index is 11.7. The molecule has 5 nitrogen and oxygen atoms in total. The van der Waals surface area contributed by atoms with Gasteiger partial charge in [0.05, 0.1) is 17.3 Å². The van der Waals surface area contributed by atoms with Gasteiger partial charge in [-0.1, -0.05) is 13.8 Å². The van der Waals surface area contributed by atoms with Crippen molar-refractivity contribution in [3.63, 3.8) is 0 Å². The van der Waals surface area contributed by atoms with Crippen LogP contribution in [0, 0.1) is 11.3 Å². The molecule has 2 N–H and O–H groups in total. The molecule has 0 saturated carbocycles. The van der Waals surface area contributed by atoms with E-state index in [9.17, 15) is 4.79 Å². The first kappa shape index (κ1) is 15.1. The lowest BCUT2D eigenvalue weighted by Gasteiger charge is -2.08. The Morgan fingerprint density at radius 2 is 2.10 bits per heavy atom. The molecule has 2 aromatic rings. The largest absolute Gasteiger partial charge is 0.326 e. The number of hydrogen-bond acceptors (Lipinski definition) is 5. The predicted molar refractivity (Wildman–Crippen MR) is 85.7 cm³/mol. The van der Waals surface area contributed by atoms with Crippen molar-refractivity contribution in [3.8, 4) is 6.07 Å². The van der Waals surface area contributed by atoms with Gasteiger partial charge in [0.25, 0.3) is 5.56 Å². The fourth-order valence-electron chi connectivity index (χ4n) is 1.66. The average molecular weight is 300 g/mol. The molecule has 1 heterocycles. The van der Waals surface area contributed by atoms with Crippen molar-refractivity contribution in [2.24, 2.45) is 0 Å². The molecule has 0 atom stereocenters. The Balaban J connectivity index is 2.15. The Hall–Kier alpha value is -2.26. The number of nitriles is 1. The van der Waals surface area contributed by atoms with Crippen LogP contribution in [0.25, 0.3) is 0 Å². The fraction of sp³-hybridized carbons (Fsp3) is 0.267. The molecule has 0 radical (unpaired) electrons. The van der Waals surface area contributed by atoms with Crippen LogP contribution in [0.3, 0.4) is 0 Å². The Morgan fingerprint density at radius 3 is 2.71 bits per heavy atom. The van der Waals surface area contributed by atoms with Gasteiger partial charge in [-0.05, 0) is 29.5 Å². The van der Waals surface area contributed by atoms with Crippen LogP contribution in [0.4, 0.5) is 11.6 Å². The molecule has 0 fully saturated rings. The molecular weight excluding hydrogens is 284 g/mol. The van der Waals surface area contributed by atoms with Crippen LogP contribution in [0.15, 0.2) is 35.1 Å². The standard InChI is InChI=1S/C15H16N4OS/c1-10(2)21-9-13-7-14(20)19-15(18-13)17-12-5-3-11(8-16)4-6-12/h3-7,10H,9H2,1-2H3,(H2,17,18,19,20). The minimum absolute atomic E-state index is 0.180. The maximum Gasteiger partial charge on any atom is 0.252 e. The number of H-pyrrole nitrogens is 1. The van der Waals surface area contributed by atoms with E-state index in [1.54, 1.807) is 36.0 Å². The summed E-state index contributed by atoms with van der Waals surface area (Å²) in [6, 6.07) is 10.5. The third-order valence-electron chi connectivity index (χ3n) is 2.64. The normalized spacial score (nSPS) is 10.4. The third-order valence-corrected chi connectivity index (χ3v) is 3.77. The highest BCUT2D eigenvalue weighted by atomic mass is 32.2. The Bertz CT molecular complexity index is 701. The second-order valence-electron chi connectivity index (χ2n) is 4.76. The van der Waals surface area contributed by atoms with Crippen molar-refractivity contribution in [3.05, 3.63) is 51.9 Å². The molecule has 0 spiro atoms. The summed E-state index contributed by atoms with van der Waals surface area (Å²) >= 11 is 1.73. The molecule has 2 rings (SSSR count). The number of aromatic amines is 1. The lowest BCUT2D eigenvalue weighted by molar-refractivity contribution is 1.05. The van der Waals surface area contributed by atoms with Gasteiger partial charge in [-0.25, -0.2) is 4.98 Å². The number of hydrogen-bond donors (Lipinski definition) is 2. The van der Waals surface area contributed by atoms with E-state index in [1.807, 2.05) is 0 Å². The molecule has 0 aliphatic heterocycles. The van der Waals surface area contributed by atoms with E-state index in [4.69, 9.17) is 5.26 Å². The second-order valence-corrected chi connectivity index (χ2v) is 6.32. The van der Waals surface area contributed by atoms with Crippen molar-refractivity contribution in [2.75, 3.05) is 5.32 Å². The van der Waals surface area contributed by atoms with Crippen LogP contribution in [-0.4, -0.2) is 15.2 Å². The third kappa shape index (κ3) is 4.65. The van der Waals surface area contributed by atoms with Crippen LogP contribution < -0.4 is 10.9 Å². The molecule has 1 aromatic heterocycles. The summed E-state index contributed by atoms with van der Waals surface area (Å²) in [5, 5.41) is 12.3. The molecule has 21 heavy (non-hydrogen) atoms. The number of thioether (sulfide) groups is 1. The number of nitrogens with one attached hydrogen (secondary N) is 2. The fourth-order valence-corrected chi connectivity index (χ4v) is 2.31. The predicted octanol–water partition coefficient (Wildman–Crippen LogP) is 3.03. The summed E-state index contributed by atoms with van der Waals surface area (Å²) in [7, 11) is 0. The minimum Gasteiger partial charge on any atom is -0.326 e. The summed E-state index contributed by atoms with van der Waals surface area (Å²) in [4.78, 5) is 18.7. The van der Waals surface area contributed by atoms with E-state index in [-0.39, 0.29) is 5.56 Å². The molecule has 6 heteroatoms. The van der Waals surface area contributed by atoms with E-state index in [2.05, 4.69) is 35.2 Å². The topological polar surface area (TPSA) is 81.6 Å². The van der Waals surface area contributed by atoms with Gasteiger partial charge in [0.15, 0.2) is 0 Å². The summed E-state index contributed by atoms with van der Waals surface area (Å²) < 4.78 is 0. The zero-order chi connectivity index (χ0) is 15.2. The van der Waals surface area contributed by atoms with Crippen LogP contribution >= 0.6 is 11.8 Å². The molecule has 0 saturated heterocycles. The highest BCUT2D eigenvalue weighted by molar-refractivity contribution is 7.99. The smallest absolute Gasteiger partial charge is 0.252 e. The van der Waals surface area contributed by atoms with Gasteiger partial charge in [0.1, 0.15) is 0 Å². The number of nitrogens with zero attached hydrogens (tertiary/aromatic N) is 2. The van der Waals surface area contributed by atoms with Crippen LogP contribution in [0.1, 0.15) is 25.1 Å². The second kappa shape index (κ2) is 6.95. The lowest BCUT2D eigenvalue weighted by Crippen LogP contribution is -2.12. The maximum atomic E-state index is 11.7. The average Bonchev–Trinajstić information content (AvgIpc) is 2.45. The van der Waals surface area contributed by atoms with E-state index in [1.165, 1.54) is 6.07 Å². The van der Waals surface area contributed by atoms with Crippen molar-refractivity contribution in [1.82, 2.24) is 9.97 Å². The van der Waals surface area contributed by atoms with Gasteiger partial charge < -0.3 is 5.32 Å². The molecule has 1 aromatic carbocycles. The summed E-state index contributed by atoms with van der Waals surface area (Å²) in [5.74, 6) is 1.11. The highest BCUT2D eigenvalue weighted by Crippen LogP contribution is 2.17. The molecule has 108 valence electrons. The molecule has 0 bridgehead atoms. The molecular formula is C15H16N4OS.